The Bertz CT molecular complexity index is 1270. The average Bonchev–Trinajstić information content (AvgIpc) is 3.49. The van der Waals surface area contributed by atoms with Crippen LogP contribution < -0.4 is 0 Å². The average molecular weight is 425 g/mol. The molecule has 4 aromatic rings. The van der Waals surface area contributed by atoms with Gasteiger partial charge < -0.3 is 9.47 Å². The van der Waals surface area contributed by atoms with Gasteiger partial charge in [-0.2, -0.15) is 5.10 Å². The fourth-order valence-corrected chi connectivity index (χ4v) is 4.35. The van der Waals surface area contributed by atoms with Gasteiger partial charge in [0.15, 0.2) is 0 Å². The number of benzene rings is 2. The van der Waals surface area contributed by atoms with Crippen molar-refractivity contribution in [2.45, 2.75) is 46.2 Å². The Labute approximate surface area is 188 Å². The first-order chi connectivity index (χ1) is 15.3. The summed E-state index contributed by atoms with van der Waals surface area (Å²) in [4.78, 5) is 15.2. The van der Waals surface area contributed by atoms with E-state index in [1.807, 2.05) is 58.4 Å². The van der Waals surface area contributed by atoms with Crippen LogP contribution in [-0.2, 0) is 18.5 Å². The summed E-state index contributed by atoms with van der Waals surface area (Å²) >= 11 is 0. The third-order valence-corrected chi connectivity index (χ3v) is 6.21. The first-order valence-corrected chi connectivity index (χ1v) is 11.0. The summed E-state index contributed by atoms with van der Waals surface area (Å²) in [5.41, 5.74) is 6.28. The molecule has 162 valence electrons. The molecule has 1 amide bonds. The lowest BCUT2D eigenvalue weighted by Crippen LogP contribution is -2.26. The van der Waals surface area contributed by atoms with Crippen LogP contribution in [0.4, 0.5) is 0 Å². The maximum absolute atomic E-state index is 13.3. The van der Waals surface area contributed by atoms with Crippen molar-refractivity contribution < 1.29 is 4.79 Å². The van der Waals surface area contributed by atoms with Crippen LogP contribution in [0.2, 0.25) is 0 Å². The van der Waals surface area contributed by atoms with E-state index in [4.69, 9.17) is 5.10 Å². The number of carbonyl (C=O) groups is 1. The van der Waals surface area contributed by atoms with Crippen LogP contribution in [0, 0.1) is 6.92 Å². The fraction of sp³-hybridized carbons (Fsp3) is 0.259. The minimum atomic E-state index is 0.0457. The number of aryl methyl sites for hydroxylation is 1. The van der Waals surface area contributed by atoms with E-state index in [1.54, 1.807) is 0 Å². The second kappa shape index (κ2) is 7.52. The molecule has 0 saturated heterocycles. The first kappa shape index (κ1) is 20.3. The van der Waals surface area contributed by atoms with E-state index in [0.717, 1.165) is 33.9 Å². The summed E-state index contributed by atoms with van der Waals surface area (Å²) < 4.78 is 4.10. The maximum atomic E-state index is 13.3. The molecule has 0 spiro atoms. The van der Waals surface area contributed by atoms with Crippen molar-refractivity contribution in [1.29, 1.82) is 0 Å². The summed E-state index contributed by atoms with van der Waals surface area (Å²) in [5, 5.41) is 4.95. The van der Waals surface area contributed by atoms with Gasteiger partial charge in [0, 0.05) is 23.5 Å². The minimum absolute atomic E-state index is 0.0457. The SMILES string of the molecule is Cc1ccccc1-n1nc2c(c1-n1cccc1)CN(C(=O)c1ccc(C(C)(C)C)cc1)C2. The quantitative estimate of drug-likeness (QED) is 0.440. The molecule has 2 aromatic carbocycles. The predicted molar refractivity (Wildman–Crippen MR) is 126 cm³/mol. The predicted octanol–water partition coefficient (Wildman–Crippen LogP) is 5.42. The van der Waals surface area contributed by atoms with Crippen LogP contribution in [0.5, 0.6) is 0 Å². The van der Waals surface area contributed by atoms with Crippen LogP contribution in [0.25, 0.3) is 11.5 Å². The van der Waals surface area contributed by atoms with Gasteiger partial charge in [0.2, 0.25) is 0 Å². The smallest absolute Gasteiger partial charge is 0.254 e. The van der Waals surface area contributed by atoms with Gasteiger partial charge in [-0.05, 0) is 53.8 Å². The van der Waals surface area contributed by atoms with E-state index in [-0.39, 0.29) is 11.3 Å². The van der Waals surface area contributed by atoms with E-state index in [0.29, 0.717) is 13.1 Å². The van der Waals surface area contributed by atoms with E-state index < -0.39 is 0 Å². The van der Waals surface area contributed by atoms with Gasteiger partial charge in [0.25, 0.3) is 5.91 Å². The summed E-state index contributed by atoms with van der Waals surface area (Å²) in [6, 6.07) is 20.3. The van der Waals surface area contributed by atoms with Crippen LogP contribution in [0.3, 0.4) is 0 Å². The Balaban J connectivity index is 1.49. The Hall–Kier alpha value is -3.60. The standard InChI is InChI=1S/C27H28N4O/c1-19-9-5-6-10-24(19)31-25(29-15-7-8-16-29)22-17-30(18-23(22)28-31)26(32)20-11-13-21(14-12-20)27(2,3)4/h5-16H,17-18H2,1-4H3. The van der Waals surface area contributed by atoms with Gasteiger partial charge in [-0.25, -0.2) is 4.68 Å². The monoisotopic (exact) mass is 424 g/mol. The van der Waals surface area contributed by atoms with Crippen molar-refractivity contribution in [1.82, 2.24) is 19.2 Å². The van der Waals surface area contributed by atoms with Crippen LogP contribution >= 0.6 is 0 Å². The molecule has 5 rings (SSSR count). The number of hydrogen-bond acceptors (Lipinski definition) is 2. The molecule has 5 nitrogen and oxygen atoms in total. The van der Waals surface area contributed by atoms with Crippen molar-refractivity contribution in [2.75, 3.05) is 0 Å². The van der Waals surface area contributed by atoms with Crippen molar-refractivity contribution in [3.8, 4) is 11.5 Å². The van der Waals surface area contributed by atoms with E-state index in [2.05, 4.69) is 56.5 Å². The highest BCUT2D eigenvalue weighted by atomic mass is 16.2. The number of carbonyl (C=O) groups excluding carboxylic acids is 1. The van der Waals surface area contributed by atoms with Crippen LogP contribution in [-0.4, -0.2) is 25.2 Å². The molecule has 0 saturated carbocycles. The summed E-state index contributed by atoms with van der Waals surface area (Å²) in [5.74, 6) is 1.04. The molecular weight excluding hydrogens is 396 g/mol. The Morgan fingerprint density at radius 2 is 1.59 bits per heavy atom. The highest BCUT2D eigenvalue weighted by Gasteiger charge is 2.32. The number of hydrogen-bond donors (Lipinski definition) is 0. The summed E-state index contributed by atoms with van der Waals surface area (Å²) in [6.07, 6.45) is 4.06. The fourth-order valence-electron chi connectivity index (χ4n) is 4.35. The lowest BCUT2D eigenvalue weighted by molar-refractivity contribution is 0.0749. The van der Waals surface area contributed by atoms with Gasteiger partial charge in [-0.1, -0.05) is 51.1 Å². The Morgan fingerprint density at radius 1 is 0.906 bits per heavy atom. The van der Waals surface area contributed by atoms with Gasteiger partial charge in [-0.15, -0.1) is 0 Å². The van der Waals surface area contributed by atoms with E-state index in [1.165, 1.54) is 5.56 Å². The lowest BCUT2D eigenvalue weighted by atomic mass is 9.86. The third kappa shape index (κ3) is 3.44. The molecule has 3 heterocycles. The molecule has 0 bridgehead atoms. The minimum Gasteiger partial charge on any atom is -0.328 e. The highest BCUT2D eigenvalue weighted by molar-refractivity contribution is 5.94. The highest BCUT2D eigenvalue weighted by Crippen LogP contribution is 2.32. The molecule has 0 N–H and O–H groups in total. The zero-order chi connectivity index (χ0) is 22.5. The van der Waals surface area contributed by atoms with Crippen molar-refractivity contribution in [3.05, 3.63) is 101 Å². The normalized spacial score (nSPS) is 13.4. The number of rotatable bonds is 3. The molecule has 5 heteroatoms. The first-order valence-electron chi connectivity index (χ1n) is 11.0. The molecule has 0 atom stereocenters. The molecule has 0 fully saturated rings. The Morgan fingerprint density at radius 3 is 2.25 bits per heavy atom. The number of aromatic nitrogens is 3. The van der Waals surface area contributed by atoms with Crippen LogP contribution in [0.15, 0.2) is 73.1 Å². The zero-order valence-corrected chi connectivity index (χ0v) is 19.0. The summed E-state index contributed by atoms with van der Waals surface area (Å²) in [7, 11) is 0. The Kier molecular flexibility index (Phi) is 4.77. The van der Waals surface area contributed by atoms with Gasteiger partial charge in [-0.3, -0.25) is 4.79 Å². The number of fused-ring (bicyclic) bond motifs is 1. The van der Waals surface area contributed by atoms with Gasteiger partial charge >= 0.3 is 0 Å². The van der Waals surface area contributed by atoms with E-state index >= 15 is 0 Å². The molecule has 2 aromatic heterocycles. The summed E-state index contributed by atoms with van der Waals surface area (Å²) in [6.45, 7) is 9.70. The maximum Gasteiger partial charge on any atom is 0.254 e. The van der Waals surface area contributed by atoms with Crippen molar-refractivity contribution >= 4 is 5.91 Å². The molecular formula is C27H28N4O. The van der Waals surface area contributed by atoms with Crippen molar-refractivity contribution in [2.24, 2.45) is 0 Å². The molecule has 1 aliphatic rings. The van der Waals surface area contributed by atoms with Gasteiger partial charge in [0.05, 0.1) is 24.5 Å². The topological polar surface area (TPSA) is 43.1 Å². The molecule has 0 unspecified atom stereocenters. The van der Waals surface area contributed by atoms with Crippen LogP contribution in [0.1, 0.15) is 53.5 Å². The zero-order valence-electron chi connectivity index (χ0n) is 19.0. The third-order valence-electron chi connectivity index (χ3n) is 6.21. The lowest BCUT2D eigenvalue weighted by Gasteiger charge is -2.21. The molecule has 0 aliphatic carbocycles. The van der Waals surface area contributed by atoms with Crippen molar-refractivity contribution in [3.63, 3.8) is 0 Å². The molecule has 32 heavy (non-hydrogen) atoms. The second-order valence-electron chi connectivity index (χ2n) is 9.53. The second-order valence-corrected chi connectivity index (χ2v) is 9.53. The molecule has 1 aliphatic heterocycles. The number of nitrogens with zero attached hydrogens (tertiary/aromatic N) is 4. The molecule has 0 radical (unpaired) electrons. The largest absolute Gasteiger partial charge is 0.328 e. The van der Waals surface area contributed by atoms with Gasteiger partial charge in [0.1, 0.15) is 5.82 Å². The number of para-hydroxylation sites is 1. The number of amides is 1. The van der Waals surface area contributed by atoms with E-state index in [9.17, 15) is 4.79 Å².